The van der Waals surface area contributed by atoms with Crippen LogP contribution in [0, 0.1) is 0 Å². The van der Waals surface area contributed by atoms with E-state index in [-0.39, 0.29) is 16.5 Å². The van der Waals surface area contributed by atoms with E-state index < -0.39 is 6.09 Å². The van der Waals surface area contributed by atoms with Gasteiger partial charge >= 0.3 is 6.09 Å². The molecule has 0 radical (unpaired) electrons. The second-order valence-corrected chi connectivity index (χ2v) is 4.19. The van der Waals surface area contributed by atoms with E-state index in [1.807, 2.05) is 12.2 Å². The summed E-state index contributed by atoms with van der Waals surface area (Å²) in [6.07, 6.45) is 4.14. The molecule has 1 aromatic rings. The van der Waals surface area contributed by atoms with Crippen LogP contribution in [-0.4, -0.2) is 33.9 Å². The molecule has 1 aliphatic rings. The maximum atomic E-state index is 11.8. The number of ether oxygens (including phenoxy) is 1. The predicted octanol–water partition coefficient (Wildman–Crippen LogP) is 1.19. The van der Waals surface area contributed by atoms with Crippen LogP contribution < -0.4 is 10.3 Å². The third-order valence-corrected chi connectivity index (χ3v) is 2.79. The van der Waals surface area contributed by atoms with Crippen LogP contribution in [0.4, 0.5) is 4.79 Å². The van der Waals surface area contributed by atoms with Gasteiger partial charge in [-0.1, -0.05) is 23.8 Å². The standard InChI is InChI=1S/C11H12ClN3O3/c1-14-9(16)7-8(10(12)13-14)18-11(17)15-5-3-2-4-6-15/h2-3,7H,4-6H2,1H3. The van der Waals surface area contributed by atoms with Crippen molar-refractivity contribution in [2.75, 3.05) is 13.1 Å². The van der Waals surface area contributed by atoms with Crippen molar-refractivity contribution < 1.29 is 9.53 Å². The average Bonchev–Trinajstić information content (AvgIpc) is 2.37. The Balaban J connectivity index is 2.14. The Labute approximate surface area is 108 Å². The summed E-state index contributed by atoms with van der Waals surface area (Å²) in [5.74, 6) is -0.0145. The second kappa shape index (κ2) is 5.22. The van der Waals surface area contributed by atoms with E-state index in [4.69, 9.17) is 16.3 Å². The zero-order valence-electron chi connectivity index (χ0n) is 9.80. The molecule has 0 bridgehead atoms. The Morgan fingerprint density at radius 3 is 2.94 bits per heavy atom. The first-order chi connectivity index (χ1) is 8.58. The number of carbonyl (C=O) groups excluding carboxylic acids is 1. The molecular weight excluding hydrogens is 258 g/mol. The zero-order valence-corrected chi connectivity index (χ0v) is 10.6. The van der Waals surface area contributed by atoms with Gasteiger partial charge in [-0.2, -0.15) is 5.10 Å². The Morgan fingerprint density at radius 2 is 2.28 bits per heavy atom. The van der Waals surface area contributed by atoms with Crippen LogP contribution in [0.1, 0.15) is 6.42 Å². The largest absolute Gasteiger partial charge is 0.415 e. The highest BCUT2D eigenvalue weighted by atomic mass is 35.5. The lowest BCUT2D eigenvalue weighted by Gasteiger charge is -2.22. The van der Waals surface area contributed by atoms with Crippen molar-refractivity contribution in [2.45, 2.75) is 6.42 Å². The van der Waals surface area contributed by atoms with Crippen molar-refractivity contribution >= 4 is 17.7 Å². The number of hydrogen-bond acceptors (Lipinski definition) is 4. The maximum absolute atomic E-state index is 11.8. The third-order valence-electron chi connectivity index (χ3n) is 2.53. The fourth-order valence-electron chi connectivity index (χ4n) is 1.53. The number of rotatable bonds is 1. The number of amides is 1. The average molecular weight is 270 g/mol. The van der Waals surface area contributed by atoms with Gasteiger partial charge in [-0.3, -0.25) is 4.79 Å². The van der Waals surface area contributed by atoms with Gasteiger partial charge in [0.15, 0.2) is 10.9 Å². The van der Waals surface area contributed by atoms with Gasteiger partial charge in [-0.25, -0.2) is 9.48 Å². The van der Waals surface area contributed by atoms with Gasteiger partial charge in [0.25, 0.3) is 5.56 Å². The first-order valence-electron chi connectivity index (χ1n) is 5.43. The molecule has 1 aromatic heterocycles. The lowest BCUT2D eigenvalue weighted by molar-refractivity contribution is 0.156. The second-order valence-electron chi connectivity index (χ2n) is 3.84. The highest BCUT2D eigenvalue weighted by Crippen LogP contribution is 2.19. The van der Waals surface area contributed by atoms with Gasteiger partial charge in [0, 0.05) is 20.1 Å². The molecule has 6 nitrogen and oxygen atoms in total. The molecule has 0 saturated heterocycles. The lowest BCUT2D eigenvalue weighted by atomic mass is 10.3. The van der Waals surface area contributed by atoms with E-state index in [0.29, 0.717) is 13.1 Å². The van der Waals surface area contributed by atoms with Crippen molar-refractivity contribution in [3.8, 4) is 5.75 Å². The van der Waals surface area contributed by atoms with Gasteiger partial charge in [0.1, 0.15) is 0 Å². The normalized spacial score (nSPS) is 14.7. The van der Waals surface area contributed by atoms with Gasteiger partial charge in [0.2, 0.25) is 0 Å². The molecule has 1 amide bonds. The van der Waals surface area contributed by atoms with Crippen molar-refractivity contribution in [2.24, 2.45) is 7.05 Å². The minimum Gasteiger partial charge on any atom is -0.407 e. The lowest BCUT2D eigenvalue weighted by Crippen LogP contribution is -2.36. The van der Waals surface area contributed by atoms with Gasteiger partial charge in [-0.05, 0) is 6.42 Å². The number of hydrogen-bond donors (Lipinski definition) is 0. The summed E-state index contributed by atoms with van der Waals surface area (Å²) in [6, 6.07) is 1.15. The van der Waals surface area contributed by atoms with E-state index in [2.05, 4.69) is 5.10 Å². The Morgan fingerprint density at radius 1 is 1.50 bits per heavy atom. The van der Waals surface area contributed by atoms with Crippen molar-refractivity contribution in [1.29, 1.82) is 0 Å². The fraction of sp³-hybridized carbons (Fsp3) is 0.364. The molecule has 0 N–H and O–H groups in total. The highest BCUT2D eigenvalue weighted by molar-refractivity contribution is 6.30. The van der Waals surface area contributed by atoms with Crippen molar-refractivity contribution in [1.82, 2.24) is 14.7 Å². The SMILES string of the molecule is Cn1nc(Cl)c(OC(=O)N2CC=CCC2)cc1=O. The summed E-state index contributed by atoms with van der Waals surface area (Å²) in [5, 5.41) is 3.72. The molecule has 0 unspecified atom stereocenters. The maximum Gasteiger partial charge on any atom is 0.415 e. The fourth-order valence-corrected chi connectivity index (χ4v) is 1.74. The smallest absolute Gasteiger partial charge is 0.407 e. The molecule has 0 aliphatic carbocycles. The highest BCUT2D eigenvalue weighted by Gasteiger charge is 2.18. The molecule has 1 aliphatic heterocycles. The molecule has 18 heavy (non-hydrogen) atoms. The minimum atomic E-state index is -0.531. The summed E-state index contributed by atoms with van der Waals surface area (Å²) >= 11 is 5.80. The first-order valence-corrected chi connectivity index (χ1v) is 5.81. The third kappa shape index (κ3) is 2.70. The van der Waals surface area contributed by atoms with Gasteiger partial charge in [-0.15, -0.1) is 0 Å². The molecule has 0 atom stereocenters. The van der Waals surface area contributed by atoms with Gasteiger partial charge < -0.3 is 9.64 Å². The molecule has 96 valence electrons. The van der Waals surface area contributed by atoms with Crippen LogP contribution in [0.15, 0.2) is 23.0 Å². The zero-order chi connectivity index (χ0) is 13.1. The molecule has 0 saturated carbocycles. The van der Waals surface area contributed by atoms with E-state index >= 15 is 0 Å². The Hall–Kier alpha value is -1.82. The number of aryl methyl sites for hydroxylation is 1. The van der Waals surface area contributed by atoms with E-state index in [0.717, 1.165) is 17.2 Å². The summed E-state index contributed by atoms with van der Waals surface area (Å²) in [6.45, 7) is 1.08. The van der Waals surface area contributed by atoms with Crippen LogP contribution in [0.2, 0.25) is 5.15 Å². The Kier molecular flexibility index (Phi) is 3.66. The molecule has 0 aromatic carbocycles. The van der Waals surface area contributed by atoms with Gasteiger partial charge in [0.05, 0.1) is 6.07 Å². The quantitative estimate of drug-likeness (QED) is 0.719. The molecule has 7 heteroatoms. The van der Waals surface area contributed by atoms with Crippen LogP contribution in [-0.2, 0) is 7.05 Å². The topological polar surface area (TPSA) is 64.4 Å². The van der Waals surface area contributed by atoms with E-state index in [1.165, 1.54) is 11.9 Å². The summed E-state index contributed by atoms with van der Waals surface area (Å²) < 4.78 is 6.14. The summed E-state index contributed by atoms with van der Waals surface area (Å²) in [4.78, 5) is 24.7. The van der Waals surface area contributed by atoms with E-state index in [9.17, 15) is 9.59 Å². The van der Waals surface area contributed by atoms with Crippen LogP contribution >= 0.6 is 11.6 Å². The van der Waals surface area contributed by atoms with Crippen LogP contribution in [0.25, 0.3) is 0 Å². The van der Waals surface area contributed by atoms with Crippen LogP contribution in [0.3, 0.4) is 0 Å². The predicted molar refractivity (Wildman–Crippen MR) is 65.8 cm³/mol. The van der Waals surface area contributed by atoms with Crippen molar-refractivity contribution in [3.05, 3.63) is 33.7 Å². The molecule has 0 fully saturated rings. The molecule has 2 rings (SSSR count). The summed E-state index contributed by atoms with van der Waals surface area (Å²) in [7, 11) is 1.47. The van der Waals surface area contributed by atoms with Crippen molar-refractivity contribution in [3.63, 3.8) is 0 Å². The number of aromatic nitrogens is 2. The first kappa shape index (κ1) is 12.6. The Bertz CT molecular complexity index is 553. The summed E-state index contributed by atoms with van der Waals surface area (Å²) in [5.41, 5.74) is -0.388. The number of nitrogens with zero attached hydrogens (tertiary/aromatic N) is 3. The minimum absolute atomic E-state index is 0.0145. The van der Waals surface area contributed by atoms with E-state index in [1.54, 1.807) is 0 Å². The molecular formula is C11H12ClN3O3. The molecule has 2 heterocycles. The molecule has 0 spiro atoms. The van der Waals surface area contributed by atoms with Crippen LogP contribution in [0.5, 0.6) is 5.75 Å². The number of carbonyl (C=O) groups is 1. The number of halogens is 1. The monoisotopic (exact) mass is 269 g/mol.